The molecule has 126 valence electrons. The summed E-state index contributed by atoms with van der Waals surface area (Å²) < 4.78 is 12.2. The molecule has 4 rings (SSSR count). The molecular formula is C20H22ClNO2. The van der Waals surface area contributed by atoms with Crippen LogP contribution < -0.4 is 14.8 Å². The summed E-state index contributed by atoms with van der Waals surface area (Å²) in [5.74, 6) is 2.54. The van der Waals surface area contributed by atoms with Gasteiger partial charge in [0.1, 0.15) is 12.7 Å². The van der Waals surface area contributed by atoms with Crippen LogP contribution in [0.25, 0.3) is 11.1 Å². The van der Waals surface area contributed by atoms with E-state index in [0.29, 0.717) is 6.61 Å². The highest BCUT2D eigenvalue weighted by atomic mass is 35.5. The van der Waals surface area contributed by atoms with Gasteiger partial charge >= 0.3 is 0 Å². The van der Waals surface area contributed by atoms with Gasteiger partial charge in [-0.05, 0) is 31.0 Å². The van der Waals surface area contributed by atoms with Crippen molar-refractivity contribution in [3.8, 4) is 22.6 Å². The molecule has 0 radical (unpaired) electrons. The smallest absolute Gasteiger partial charge is 0.169 e. The zero-order valence-electron chi connectivity index (χ0n) is 13.6. The summed E-state index contributed by atoms with van der Waals surface area (Å²) in [6, 6.07) is 13.8. The first-order chi connectivity index (χ1) is 11.8. The van der Waals surface area contributed by atoms with Crippen LogP contribution in [0.2, 0.25) is 5.02 Å². The Morgan fingerprint density at radius 3 is 2.71 bits per heavy atom. The fourth-order valence-electron chi connectivity index (χ4n) is 3.10. The Morgan fingerprint density at radius 2 is 1.88 bits per heavy atom. The topological polar surface area (TPSA) is 30.5 Å². The lowest BCUT2D eigenvalue weighted by Gasteiger charge is -2.28. The third-order valence-electron chi connectivity index (χ3n) is 4.65. The summed E-state index contributed by atoms with van der Waals surface area (Å²) in [6.45, 7) is 2.45. The minimum absolute atomic E-state index is 0.0281. The second kappa shape index (κ2) is 7.04. The van der Waals surface area contributed by atoms with Gasteiger partial charge in [-0.3, -0.25) is 0 Å². The molecule has 0 amide bonds. The number of ether oxygens (including phenoxy) is 2. The van der Waals surface area contributed by atoms with Gasteiger partial charge < -0.3 is 14.8 Å². The normalized spacial score (nSPS) is 19.3. The van der Waals surface area contributed by atoms with E-state index >= 15 is 0 Å². The first kappa shape index (κ1) is 15.8. The van der Waals surface area contributed by atoms with E-state index < -0.39 is 0 Å². The molecule has 1 unspecified atom stereocenters. The molecular weight excluding hydrogens is 322 g/mol. The van der Waals surface area contributed by atoms with Gasteiger partial charge in [0.2, 0.25) is 0 Å². The van der Waals surface area contributed by atoms with E-state index in [4.69, 9.17) is 21.1 Å². The number of halogens is 1. The van der Waals surface area contributed by atoms with Crippen molar-refractivity contribution >= 4 is 11.6 Å². The summed E-state index contributed by atoms with van der Waals surface area (Å²) in [4.78, 5) is 0. The maximum atomic E-state index is 6.37. The Balaban J connectivity index is 1.48. The van der Waals surface area contributed by atoms with Crippen molar-refractivity contribution in [3.05, 3.63) is 47.5 Å². The number of hydrogen-bond acceptors (Lipinski definition) is 3. The molecule has 1 aliphatic heterocycles. The minimum atomic E-state index is 0.0281. The number of benzene rings is 2. The van der Waals surface area contributed by atoms with Gasteiger partial charge in [-0.15, -0.1) is 0 Å². The van der Waals surface area contributed by atoms with Crippen molar-refractivity contribution < 1.29 is 9.47 Å². The molecule has 1 heterocycles. The van der Waals surface area contributed by atoms with E-state index in [1.165, 1.54) is 19.3 Å². The van der Waals surface area contributed by atoms with E-state index in [2.05, 4.69) is 5.32 Å². The maximum absolute atomic E-state index is 6.37. The van der Waals surface area contributed by atoms with Gasteiger partial charge in [-0.1, -0.05) is 54.8 Å². The number of para-hydroxylation sites is 1. The third-order valence-corrected chi connectivity index (χ3v) is 4.98. The number of rotatable bonds is 6. The molecule has 24 heavy (non-hydrogen) atoms. The average molecular weight is 344 g/mol. The molecule has 1 atom stereocenters. The van der Waals surface area contributed by atoms with Crippen LogP contribution in [0.1, 0.15) is 19.3 Å². The Morgan fingerprint density at radius 1 is 1.04 bits per heavy atom. The second-order valence-corrected chi connectivity index (χ2v) is 7.01. The van der Waals surface area contributed by atoms with Gasteiger partial charge in [0.05, 0.1) is 0 Å². The first-order valence-electron chi connectivity index (χ1n) is 8.69. The molecule has 1 fully saturated rings. The molecule has 0 saturated heterocycles. The summed E-state index contributed by atoms with van der Waals surface area (Å²) in [5.41, 5.74) is 1.96. The largest absolute Gasteiger partial charge is 0.486 e. The van der Waals surface area contributed by atoms with Crippen LogP contribution in [0, 0.1) is 5.92 Å². The fraction of sp³-hybridized carbons (Fsp3) is 0.400. The number of hydrogen-bond donors (Lipinski definition) is 1. The van der Waals surface area contributed by atoms with E-state index in [1.807, 2.05) is 42.5 Å². The molecule has 4 heteroatoms. The highest BCUT2D eigenvalue weighted by molar-refractivity contribution is 6.33. The highest BCUT2D eigenvalue weighted by Crippen LogP contribution is 2.42. The molecule has 1 N–H and O–H groups in total. The van der Waals surface area contributed by atoms with Crippen LogP contribution in [0.3, 0.4) is 0 Å². The van der Waals surface area contributed by atoms with Crippen LogP contribution in [0.4, 0.5) is 0 Å². The Labute approximate surface area is 147 Å². The molecule has 1 saturated carbocycles. The molecule has 2 aliphatic rings. The van der Waals surface area contributed by atoms with Crippen LogP contribution in [-0.4, -0.2) is 25.8 Å². The van der Waals surface area contributed by atoms with E-state index in [0.717, 1.165) is 46.7 Å². The second-order valence-electron chi connectivity index (χ2n) is 6.60. The Kier molecular flexibility index (Phi) is 4.63. The molecule has 0 bridgehead atoms. The number of fused-ring (bicyclic) bond motifs is 1. The van der Waals surface area contributed by atoms with Crippen molar-refractivity contribution in [3.63, 3.8) is 0 Å². The molecule has 2 aromatic rings. The van der Waals surface area contributed by atoms with E-state index in [1.54, 1.807) is 0 Å². The Bertz CT molecular complexity index is 715. The van der Waals surface area contributed by atoms with Crippen molar-refractivity contribution in [2.75, 3.05) is 19.7 Å². The lowest BCUT2D eigenvalue weighted by atomic mass is 10.0. The summed E-state index contributed by atoms with van der Waals surface area (Å²) >= 11 is 6.37. The highest BCUT2D eigenvalue weighted by Gasteiger charge is 2.25. The maximum Gasteiger partial charge on any atom is 0.169 e. The minimum Gasteiger partial charge on any atom is -0.486 e. The Hall–Kier alpha value is -1.71. The SMILES string of the molecule is Clc1ccccc1-c1cccc2c1OC(CNCCC1CC1)CO2. The quantitative estimate of drug-likeness (QED) is 0.781. The lowest BCUT2D eigenvalue weighted by molar-refractivity contribution is 0.0912. The molecule has 0 spiro atoms. The van der Waals surface area contributed by atoms with Gasteiger partial charge in [0.15, 0.2) is 11.5 Å². The zero-order valence-corrected chi connectivity index (χ0v) is 14.4. The van der Waals surface area contributed by atoms with Crippen molar-refractivity contribution in [2.24, 2.45) is 5.92 Å². The summed E-state index contributed by atoms with van der Waals surface area (Å²) in [6.07, 6.45) is 4.11. The zero-order chi connectivity index (χ0) is 16.4. The van der Waals surface area contributed by atoms with Crippen molar-refractivity contribution in [2.45, 2.75) is 25.4 Å². The van der Waals surface area contributed by atoms with Crippen molar-refractivity contribution in [1.82, 2.24) is 5.32 Å². The molecule has 0 aromatic heterocycles. The van der Waals surface area contributed by atoms with Gasteiger partial charge in [-0.2, -0.15) is 0 Å². The van der Waals surface area contributed by atoms with Crippen LogP contribution >= 0.6 is 11.6 Å². The summed E-state index contributed by atoms with van der Waals surface area (Å²) in [7, 11) is 0. The standard InChI is InChI=1S/C20H22ClNO2/c21-18-6-2-1-4-16(18)17-5-3-7-19-20(17)24-15(13-23-19)12-22-11-10-14-8-9-14/h1-7,14-15,22H,8-13H2. The van der Waals surface area contributed by atoms with Gasteiger partial charge in [0, 0.05) is 22.7 Å². The van der Waals surface area contributed by atoms with Crippen LogP contribution in [-0.2, 0) is 0 Å². The monoisotopic (exact) mass is 343 g/mol. The summed E-state index contributed by atoms with van der Waals surface area (Å²) in [5, 5.41) is 4.22. The first-order valence-corrected chi connectivity index (χ1v) is 9.07. The van der Waals surface area contributed by atoms with E-state index in [-0.39, 0.29) is 6.10 Å². The predicted octanol–water partition coefficient (Wildman–Crippen LogP) is 4.54. The molecule has 2 aromatic carbocycles. The third kappa shape index (κ3) is 3.52. The van der Waals surface area contributed by atoms with Crippen LogP contribution in [0.5, 0.6) is 11.5 Å². The lowest BCUT2D eigenvalue weighted by Crippen LogP contribution is -2.39. The van der Waals surface area contributed by atoms with E-state index in [9.17, 15) is 0 Å². The van der Waals surface area contributed by atoms with Crippen LogP contribution in [0.15, 0.2) is 42.5 Å². The van der Waals surface area contributed by atoms with Crippen molar-refractivity contribution in [1.29, 1.82) is 0 Å². The molecule has 3 nitrogen and oxygen atoms in total. The fourth-order valence-corrected chi connectivity index (χ4v) is 3.34. The number of nitrogens with one attached hydrogen (secondary N) is 1. The molecule has 1 aliphatic carbocycles. The van der Waals surface area contributed by atoms with Gasteiger partial charge in [-0.25, -0.2) is 0 Å². The average Bonchev–Trinajstić information content (AvgIpc) is 3.43. The van der Waals surface area contributed by atoms with Gasteiger partial charge in [0.25, 0.3) is 0 Å². The predicted molar refractivity (Wildman–Crippen MR) is 97.0 cm³/mol.